The van der Waals surface area contributed by atoms with E-state index in [-0.39, 0.29) is 11.6 Å². The number of ether oxygens (including phenoxy) is 1. The Kier molecular flexibility index (Phi) is 4.27. The van der Waals surface area contributed by atoms with E-state index in [1.807, 2.05) is 0 Å². The molecular formula is C14H13F2NOS. The quantitative estimate of drug-likeness (QED) is 0.683. The molecule has 2 rings (SSSR count). The number of rotatable bonds is 4. The van der Waals surface area contributed by atoms with Crippen LogP contribution in [0.25, 0.3) is 0 Å². The molecule has 0 fully saturated rings. The summed E-state index contributed by atoms with van der Waals surface area (Å²) in [6.45, 7) is 0. The lowest BCUT2D eigenvalue weighted by molar-refractivity contribution is 0.410. The maximum atomic E-state index is 13.6. The summed E-state index contributed by atoms with van der Waals surface area (Å²) in [7, 11) is 1.52. The molecular weight excluding hydrogens is 268 g/mol. The molecule has 5 heteroatoms. The van der Waals surface area contributed by atoms with Gasteiger partial charge in [0, 0.05) is 21.9 Å². The molecule has 2 N–H and O–H groups in total. The average molecular weight is 281 g/mol. The summed E-state index contributed by atoms with van der Waals surface area (Å²) in [5.74, 6) is 0.293. The fourth-order valence-electron chi connectivity index (χ4n) is 1.65. The van der Waals surface area contributed by atoms with Crippen LogP contribution in [0.2, 0.25) is 0 Å². The molecule has 100 valence electrons. The van der Waals surface area contributed by atoms with Gasteiger partial charge in [-0.1, -0.05) is 0 Å². The van der Waals surface area contributed by atoms with Crippen LogP contribution < -0.4 is 10.5 Å². The molecule has 0 unspecified atom stereocenters. The van der Waals surface area contributed by atoms with Gasteiger partial charge in [-0.3, -0.25) is 0 Å². The van der Waals surface area contributed by atoms with E-state index in [2.05, 4.69) is 0 Å². The molecule has 19 heavy (non-hydrogen) atoms. The van der Waals surface area contributed by atoms with Gasteiger partial charge in [-0.05, 0) is 36.4 Å². The number of hydrogen-bond acceptors (Lipinski definition) is 3. The first-order valence-electron chi connectivity index (χ1n) is 5.60. The zero-order valence-electron chi connectivity index (χ0n) is 10.3. The topological polar surface area (TPSA) is 35.2 Å². The molecule has 0 spiro atoms. The van der Waals surface area contributed by atoms with Crippen molar-refractivity contribution < 1.29 is 13.5 Å². The third-order valence-electron chi connectivity index (χ3n) is 2.58. The molecule has 0 radical (unpaired) electrons. The fraction of sp³-hybridized carbons (Fsp3) is 0.143. The minimum Gasteiger partial charge on any atom is -0.496 e. The molecule has 0 heterocycles. The van der Waals surface area contributed by atoms with Gasteiger partial charge in [0.25, 0.3) is 0 Å². The van der Waals surface area contributed by atoms with Gasteiger partial charge >= 0.3 is 0 Å². The maximum absolute atomic E-state index is 13.6. The highest BCUT2D eigenvalue weighted by Gasteiger charge is 2.08. The van der Waals surface area contributed by atoms with Crippen molar-refractivity contribution in [3.8, 4) is 5.75 Å². The molecule has 0 aliphatic rings. The Morgan fingerprint density at radius 2 is 1.95 bits per heavy atom. The molecule has 0 saturated heterocycles. The van der Waals surface area contributed by atoms with Crippen LogP contribution >= 0.6 is 11.8 Å². The van der Waals surface area contributed by atoms with Crippen LogP contribution in [-0.2, 0) is 5.75 Å². The Morgan fingerprint density at radius 3 is 2.63 bits per heavy atom. The van der Waals surface area contributed by atoms with Crippen molar-refractivity contribution in [2.24, 2.45) is 0 Å². The third kappa shape index (κ3) is 3.38. The summed E-state index contributed by atoms with van der Waals surface area (Å²) < 4.78 is 31.9. The first kappa shape index (κ1) is 13.7. The van der Waals surface area contributed by atoms with E-state index in [0.717, 1.165) is 0 Å². The first-order valence-corrected chi connectivity index (χ1v) is 6.59. The van der Waals surface area contributed by atoms with Crippen LogP contribution in [0.15, 0.2) is 41.3 Å². The van der Waals surface area contributed by atoms with E-state index in [9.17, 15) is 8.78 Å². The van der Waals surface area contributed by atoms with Crippen molar-refractivity contribution in [1.29, 1.82) is 0 Å². The van der Waals surface area contributed by atoms with Crippen LogP contribution in [0.3, 0.4) is 0 Å². The Labute approximate surface area is 114 Å². The monoisotopic (exact) mass is 281 g/mol. The van der Waals surface area contributed by atoms with Crippen molar-refractivity contribution in [2.75, 3.05) is 12.8 Å². The number of halogens is 2. The summed E-state index contributed by atoms with van der Waals surface area (Å²) >= 11 is 1.27. The van der Waals surface area contributed by atoms with Crippen LogP contribution in [0.1, 0.15) is 5.56 Å². The third-order valence-corrected chi connectivity index (χ3v) is 3.68. The molecule has 2 nitrogen and oxygen atoms in total. The molecule has 2 aromatic carbocycles. The van der Waals surface area contributed by atoms with Gasteiger partial charge in [0.2, 0.25) is 0 Å². The van der Waals surface area contributed by atoms with E-state index in [4.69, 9.17) is 10.5 Å². The van der Waals surface area contributed by atoms with E-state index in [1.165, 1.54) is 37.1 Å². The summed E-state index contributed by atoms with van der Waals surface area (Å²) in [6.07, 6.45) is 0. The number of methoxy groups -OCH3 is 1. The van der Waals surface area contributed by atoms with Gasteiger partial charge in [0.05, 0.1) is 7.11 Å². The predicted molar refractivity (Wildman–Crippen MR) is 73.3 cm³/mol. The Bertz CT molecular complexity index is 590. The summed E-state index contributed by atoms with van der Waals surface area (Å²) in [5.41, 5.74) is 6.55. The second-order valence-corrected chi connectivity index (χ2v) is 4.95. The van der Waals surface area contributed by atoms with E-state index >= 15 is 0 Å². The second kappa shape index (κ2) is 5.93. The molecule has 0 atom stereocenters. The number of benzene rings is 2. The van der Waals surface area contributed by atoms with Gasteiger partial charge in [-0.2, -0.15) is 0 Å². The van der Waals surface area contributed by atoms with E-state index < -0.39 is 0 Å². The molecule has 0 aliphatic heterocycles. The molecule has 0 saturated carbocycles. The van der Waals surface area contributed by atoms with Crippen LogP contribution in [0.5, 0.6) is 5.75 Å². The Morgan fingerprint density at radius 1 is 1.16 bits per heavy atom. The molecule has 2 aromatic rings. The fourth-order valence-corrected chi connectivity index (χ4v) is 2.55. The normalized spacial score (nSPS) is 10.5. The lowest BCUT2D eigenvalue weighted by atomic mass is 10.2. The average Bonchev–Trinajstić information content (AvgIpc) is 2.38. The number of thioether (sulfide) groups is 1. The van der Waals surface area contributed by atoms with Gasteiger partial charge in [-0.25, -0.2) is 8.78 Å². The largest absolute Gasteiger partial charge is 0.496 e. The minimum absolute atomic E-state index is 0.339. The number of hydrogen-bond donors (Lipinski definition) is 1. The van der Waals surface area contributed by atoms with Crippen LogP contribution in [0, 0.1) is 11.6 Å². The van der Waals surface area contributed by atoms with E-state index in [1.54, 1.807) is 18.2 Å². The first-order chi connectivity index (χ1) is 9.10. The lowest BCUT2D eigenvalue weighted by Crippen LogP contribution is -1.93. The SMILES string of the molecule is COc1ccc(F)cc1CSc1ccc(N)cc1F. The van der Waals surface area contributed by atoms with Gasteiger partial charge in [0.1, 0.15) is 17.4 Å². The highest BCUT2D eigenvalue weighted by atomic mass is 32.2. The minimum atomic E-state index is -0.375. The predicted octanol–water partition coefficient (Wildman–Crippen LogP) is 3.85. The standard InChI is InChI=1S/C14H13F2NOS/c1-18-13-4-2-10(15)6-9(13)8-19-14-5-3-11(17)7-12(14)16/h2-7H,8,17H2,1H3. The summed E-state index contributed by atoms with van der Waals surface area (Å²) in [6, 6.07) is 8.79. The molecule has 0 aromatic heterocycles. The van der Waals surface area contributed by atoms with Crippen LogP contribution in [0.4, 0.5) is 14.5 Å². The summed E-state index contributed by atoms with van der Waals surface area (Å²) in [4.78, 5) is 0.473. The number of nitrogens with two attached hydrogens (primary N) is 1. The van der Waals surface area contributed by atoms with Crippen LogP contribution in [-0.4, -0.2) is 7.11 Å². The van der Waals surface area contributed by atoms with Crippen molar-refractivity contribution >= 4 is 17.4 Å². The number of anilines is 1. The van der Waals surface area contributed by atoms with Crippen molar-refractivity contribution in [3.05, 3.63) is 53.6 Å². The molecule has 0 aliphatic carbocycles. The van der Waals surface area contributed by atoms with Gasteiger partial charge in [-0.15, -0.1) is 11.8 Å². The van der Waals surface area contributed by atoms with E-state index in [0.29, 0.717) is 27.6 Å². The highest BCUT2D eigenvalue weighted by molar-refractivity contribution is 7.98. The zero-order chi connectivity index (χ0) is 13.8. The smallest absolute Gasteiger partial charge is 0.138 e. The van der Waals surface area contributed by atoms with Gasteiger partial charge < -0.3 is 10.5 Å². The molecule has 0 bridgehead atoms. The lowest BCUT2D eigenvalue weighted by Gasteiger charge is -2.09. The summed E-state index contributed by atoms with van der Waals surface area (Å²) in [5, 5.41) is 0. The second-order valence-electron chi connectivity index (χ2n) is 3.93. The zero-order valence-corrected chi connectivity index (χ0v) is 11.1. The van der Waals surface area contributed by atoms with Gasteiger partial charge in [0.15, 0.2) is 0 Å². The Balaban J connectivity index is 2.16. The highest BCUT2D eigenvalue weighted by Crippen LogP contribution is 2.30. The van der Waals surface area contributed by atoms with Crippen molar-refractivity contribution in [2.45, 2.75) is 10.6 Å². The Hall–Kier alpha value is -1.75. The number of nitrogen functional groups attached to an aromatic ring is 1. The molecule has 0 amide bonds. The van der Waals surface area contributed by atoms with Crippen molar-refractivity contribution in [3.63, 3.8) is 0 Å². The maximum Gasteiger partial charge on any atom is 0.138 e. The van der Waals surface area contributed by atoms with Crippen molar-refractivity contribution in [1.82, 2.24) is 0 Å².